The van der Waals surface area contributed by atoms with E-state index in [0.717, 1.165) is 17.5 Å². The molecule has 2 heterocycles. The quantitative estimate of drug-likeness (QED) is 0.650. The lowest BCUT2D eigenvalue weighted by molar-refractivity contribution is -0.126. The van der Waals surface area contributed by atoms with Crippen LogP contribution in [0.15, 0.2) is 47.4 Å². The second-order valence-electron chi connectivity index (χ2n) is 8.57. The number of benzene rings is 2. The van der Waals surface area contributed by atoms with Gasteiger partial charge in [0.15, 0.2) is 0 Å². The van der Waals surface area contributed by atoms with E-state index < -0.39 is 10.0 Å². The van der Waals surface area contributed by atoms with Crippen LogP contribution in [0.5, 0.6) is 0 Å². The second kappa shape index (κ2) is 10.2. The molecule has 9 heteroatoms. The smallest absolute Gasteiger partial charge is 0.243 e. The SMILES string of the molecule is O=C1CCCc2cc(S(=O)(=O)N3CCC(C(=O)NCCc4ccc(Cl)cc4)CC3)ccc2N1. The van der Waals surface area contributed by atoms with Crippen molar-refractivity contribution in [3.05, 3.63) is 58.6 Å². The van der Waals surface area contributed by atoms with Crippen LogP contribution in [0.25, 0.3) is 0 Å². The number of halogens is 1. The predicted molar refractivity (Wildman–Crippen MR) is 128 cm³/mol. The highest BCUT2D eigenvalue weighted by Crippen LogP contribution is 2.29. The van der Waals surface area contributed by atoms with Gasteiger partial charge in [0.1, 0.15) is 0 Å². The third-order valence-corrected chi connectivity index (χ3v) is 8.44. The zero-order valence-corrected chi connectivity index (χ0v) is 19.9. The van der Waals surface area contributed by atoms with E-state index in [0.29, 0.717) is 62.4 Å². The van der Waals surface area contributed by atoms with Gasteiger partial charge in [0, 0.05) is 42.7 Å². The minimum absolute atomic E-state index is 0.0261. The normalized spacial score (nSPS) is 17.7. The zero-order chi connectivity index (χ0) is 23.4. The van der Waals surface area contributed by atoms with Crippen molar-refractivity contribution in [3.63, 3.8) is 0 Å². The van der Waals surface area contributed by atoms with Gasteiger partial charge in [0.25, 0.3) is 0 Å². The number of hydrogen-bond acceptors (Lipinski definition) is 4. The number of hydrogen-bond donors (Lipinski definition) is 2. The van der Waals surface area contributed by atoms with Gasteiger partial charge in [-0.25, -0.2) is 8.42 Å². The Kier molecular flexibility index (Phi) is 7.36. The summed E-state index contributed by atoms with van der Waals surface area (Å²) >= 11 is 5.89. The summed E-state index contributed by atoms with van der Waals surface area (Å²) in [5.41, 5.74) is 2.63. The Morgan fingerprint density at radius 1 is 1.09 bits per heavy atom. The van der Waals surface area contributed by atoms with E-state index in [1.54, 1.807) is 18.2 Å². The topological polar surface area (TPSA) is 95.6 Å². The second-order valence-corrected chi connectivity index (χ2v) is 10.9. The molecule has 2 aromatic carbocycles. The number of aryl methyl sites for hydroxylation is 1. The van der Waals surface area contributed by atoms with Gasteiger partial charge in [0.05, 0.1) is 4.90 Å². The van der Waals surface area contributed by atoms with Crippen molar-refractivity contribution in [1.82, 2.24) is 9.62 Å². The van der Waals surface area contributed by atoms with Gasteiger partial charge in [-0.3, -0.25) is 9.59 Å². The van der Waals surface area contributed by atoms with Gasteiger partial charge >= 0.3 is 0 Å². The molecule has 0 radical (unpaired) electrons. The number of sulfonamides is 1. The van der Waals surface area contributed by atoms with Gasteiger partial charge < -0.3 is 10.6 Å². The lowest BCUT2D eigenvalue weighted by Crippen LogP contribution is -2.43. The first-order valence-electron chi connectivity index (χ1n) is 11.3. The molecule has 0 unspecified atom stereocenters. The molecule has 2 amide bonds. The third kappa shape index (κ3) is 5.75. The molecule has 176 valence electrons. The highest BCUT2D eigenvalue weighted by atomic mass is 35.5. The first kappa shape index (κ1) is 23.7. The molecule has 33 heavy (non-hydrogen) atoms. The minimum atomic E-state index is -3.65. The molecule has 7 nitrogen and oxygen atoms in total. The Labute approximate surface area is 199 Å². The van der Waals surface area contributed by atoms with Crippen molar-refractivity contribution in [2.75, 3.05) is 25.0 Å². The molecule has 0 spiro atoms. The van der Waals surface area contributed by atoms with Crippen LogP contribution in [-0.2, 0) is 32.5 Å². The lowest BCUT2D eigenvalue weighted by atomic mass is 9.97. The maximum atomic E-state index is 13.2. The molecular weight excluding hydrogens is 462 g/mol. The zero-order valence-electron chi connectivity index (χ0n) is 18.3. The third-order valence-electron chi connectivity index (χ3n) is 6.29. The first-order chi connectivity index (χ1) is 15.8. The molecule has 2 N–H and O–H groups in total. The number of piperidine rings is 1. The van der Waals surface area contributed by atoms with E-state index in [1.807, 2.05) is 24.3 Å². The predicted octanol–water partition coefficient (Wildman–Crippen LogP) is 3.37. The summed E-state index contributed by atoms with van der Waals surface area (Å²) in [6, 6.07) is 12.4. The van der Waals surface area contributed by atoms with Gasteiger partial charge in [-0.1, -0.05) is 23.7 Å². The molecular formula is C24H28ClN3O4S. The number of nitrogens with one attached hydrogen (secondary N) is 2. The lowest BCUT2D eigenvalue weighted by Gasteiger charge is -2.30. The molecule has 2 aliphatic rings. The van der Waals surface area contributed by atoms with Crippen molar-refractivity contribution in [1.29, 1.82) is 0 Å². The van der Waals surface area contributed by atoms with E-state index in [1.165, 1.54) is 4.31 Å². The van der Waals surface area contributed by atoms with E-state index >= 15 is 0 Å². The molecule has 0 saturated carbocycles. The first-order valence-corrected chi connectivity index (χ1v) is 13.1. The van der Waals surface area contributed by atoms with Crippen LogP contribution in [0, 0.1) is 5.92 Å². The van der Waals surface area contributed by atoms with Crippen LogP contribution in [0.2, 0.25) is 5.02 Å². The van der Waals surface area contributed by atoms with Crippen molar-refractivity contribution < 1.29 is 18.0 Å². The van der Waals surface area contributed by atoms with Gasteiger partial charge in [0.2, 0.25) is 21.8 Å². The number of fused-ring (bicyclic) bond motifs is 1. The number of amides is 2. The molecule has 1 fully saturated rings. The minimum Gasteiger partial charge on any atom is -0.356 e. The summed E-state index contributed by atoms with van der Waals surface area (Å²) in [7, 11) is -3.65. The average molecular weight is 490 g/mol. The Morgan fingerprint density at radius 3 is 2.55 bits per heavy atom. The fourth-order valence-corrected chi connectivity index (χ4v) is 5.99. The highest BCUT2D eigenvalue weighted by molar-refractivity contribution is 7.89. The molecule has 0 atom stereocenters. The summed E-state index contributed by atoms with van der Waals surface area (Å²) in [6.45, 7) is 1.15. The van der Waals surface area contributed by atoms with Crippen molar-refractivity contribution in [2.24, 2.45) is 5.92 Å². The van der Waals surface area contributed by atoms with Gasteiger partial charge in [-0.05, 0) is 73.6 Å². The summed E-state index contributed by atoms with van der Waals surface area (Å²) < 4.78 is 27.8. The Hall–Kier alpha value is -2.42. The molecule has 2 aliphatic heterocycles. The van der Waals surface area contributed by atoms with Crippen LogP contribution in [0.1, 0.15) is 36.8 Å². The number of anilines is 1. The van der Waals surface area contributed by atoms with Crippen molar-refractivity contribution in [3.8, 4) is 0 Å². The monoisotopic (exact) mass is 489 g/mol. The van der Waals surface area contributed by atoms with Crippen LogP contribution in [0.3, 0.4) is 0 Å². The van der Waals surface area contributed by atoms with Crippen molar-refractivity contribution >= 4 is 39.1 Å². The average Bonchev–Trinajstić information content (AvgIpc) is 3.00. The number of carbonyl (C=O) groups is 2. The molecule has 0 bridgehead atoms. The highest BCUT2D eigenvalue weighted by Gasteiger charge is 2.32. The van der Waals surface area contributed by atoms with E-state index in [9.17, 15) is 18.0 Å². The van der Waals surface area contributed by atoms with Crippen LogP contribution in [0.4, 0.5) is 5.69 Å². The van der Waals surface area contributed by atoms with E-state index in [2.05, 4.69) is 10.6 Å². The summed E-state index contributed by atoms with van der Waals surface area (Å²) in [6.07, 6.45) is 3.50. The number of nitrogens with zero attached hydrogens (tertiary/aromatic N) is 1. The Balaban J connectivity index is 1.31. The Morgan fingerprint density at radius 2 is 1.82 bits per heavy atom. The van der Waals surface area contributed by atoms with Crippen LogP contribution in [-0.4, -0.2) is 44.2 Å². The van der Waals surface area contributed by atoms with Crippen molar-refractivity contribution in [2.45, 2.75) is 43.4 Å². The molecule has 2 aromatic rings. The van der Waals surface area contributed by atoms with E-state index in [-0.39, 0.29) is 22.6 Å². The Bertz CT molecular complexity index is 1130. The van der Waals surface area contributed by atoms with Crippen LogP contribution >= 0.6 is 11.6 Å². The summed E-state index contributed by atoms with van der Waals surface area (Å²) in [4.78, 5) is 24.5. The summed E-state index contributed by atoms with van der Waals surface area (Å²) in [5, 5.41) is 6.48. The summed E-state index contributed by atoms with van der Waals surface area (Å²) in [5.74, 6) is -0.261. The number of carbonyl (C=O) groups excluding carboxylic acids is 2. The van der Waals surface area contributed by atoms with Crippen LogP contribution < -0.4 is 10.6 Å². The fourth-order valence-electron chi connectivity index (χ4n) is 4.34. The fraction of sp³-hybridized carbons (Fsp3) is 0.417. The molecule has 1 saturated heterocycles. The maximum absolute atomic E-state index is 13.2. The number of rotatable bonds is 6. The molecule has 4 rings (SSSR count). The standard InChI is InChI=1S/C24H28ClN3O4S/c25-20-6-4-17(5-7-20)10-13-26-24(30)18-11-14-28(15-12-18)33(31,32)21-8-9-22-19(16-21)2-1-3-23(29)27-22/h4-9,16,18H,1-3,10-15H2,(H,26,30)(H,27,29). The van der Waals surface area contributed by atoms with Gasteiger partial charge in [-0.15, -0.1) is 0 Å². The van der Waals surface area contributed by atoms with E-state index in [4.69, 9.17) is 11.6 Å². The molecule has 0 aromatic heterocycles. The largest absolute Gasteiger partial charge is 0.356 e. The molecule has 0 aliphatic carbocycles. The maximum Gasteiger partial charge on any atom is 0.243 e. The van der Waals surface area contributed by atoms with Gasteiger partial charge in [-0.2, -0.15) is 4.31 Å².